The molecule has 1 heterocycles. The molecule has 0 amide bonds. The predicted octanol–water partition coefficient (Wildman–Crippen LogP) is 4.16. The first kappa shape index (κ1) is 18.1. The van der Waals surface area contributed by atoms with Crippen molar-refractivity contribution in [3.63, 3.8) is 0 Å². The zero-order valence-electron chi connectivity index (χ0n) is 14.3. The third kappa shape index (κ3) is 8.86. The first-order valence-electron chi connectivity index (χ1n) is 8.81. The lowest BCUT2D eigenvalue weighted by molar-refractivity contribution is 0.455. The topological polar surface area (TPSA) is 42.7 Å². The molecule has 1 rings (SSSR count). The Balaban J connectivity index is 1.98. The van der Waals surface area contributed by atoms with Gasteiger partial charge in [-0.3, -0.25) is 0 Å². The van der Waals surface area contributed by atoms with Crippen LogP contribution in [0.1, 0.15) is 78.0 Å². The largest absolute Gasteiger partial charge is 0.310 e. The van der Waals surface area contributed by atoms with Gasteiger partial charge in [-0.25, -0.2) is 9.67 Å². The minimum absolute atomic E-state index is 0.609. The summed E-state index contributed by atoms with van der Waals surface area (Å²) >= 11 is 0. The van der Waals surface area contributed by atoms with Gasteiger partial charge < -0.3 is 5.32 Å². The van der Waals surface area contributed by atoms with E-state index in [1.807, 2.05) is 4.68 Å². The normalized spacial score (nSPS) is 11.4. The van der Waals surface area contributed by atoms with E-state index >= 15 is 0 Å². The number of hydrogen-bond donors (Lipinski definition) is 1. The van der Waals surface area contributed by atoms with Gasteiger partial charge in [0.1, 0.15) is 12.2 Å². The van der Waals surface area contributed by atoms with Gasteiger partial charge in [0.25, 0.3) is 0 Å². The quantitative estimate of drug-likeness (QED) is 0.555. The molecule has 0 unspecified atom stereocenters. The molecule has 4 heteroatoms. The second-order valence-electron chi connectivity index (χ2n) is 6.40. The minimum atomic E-state index is 0.609. The molecule has 0 radical (unpaired) electrons. The molecule has 21 heavy (non-hydrogen) atoms. The first-order valence-corrected chi connectivity index (χ1v) is 8.81. The maximum atomic E-state index is 4.33. The van der Waals surface area contributed by atoms with Gasteiger partial charge in [0.05, 0.1) is 6.54 Å². The van der Waals surface area contributed by atoms with Gasteiger partial charge in [0, 0.05) is 6.54 Å². The molecule has 0 fully saturated rings. The van der Waals surface area contributed by atoms with E-state index in [4.69, 9.17) is 0 Å². The molecule has 0 saturated heterocycles. The molecule has 0 saturated carbocycles. The highest BCUT2D eigenvalue weighted by Gasteiger charge is 2.05. The van der Waals surface area contributed by atoms with Crippen LogP contribution < -0.4 is 5.32 Å². The van der Waals surface area contributed by atoms with Crippen LogP contribution in [0.3, 0.4) is 0 Å². The van der Waals surface area contributed by atoms with Crippen LogP contribution in [-0.2, 0) is 13.1 Å². The van der Waals surface area contributed by atoms with Crippen LogP contribution in [0.2, 0.25) is 0 Å². The van der Waals surface area contributed by atoms with Gasteiger partial charge in [0.2, 0.25) is 0 Å². The van der Waals surface area contributed by atoms with Crippen LogP contribution in [0.25, 0.3) is 0 Å². The van der Waals surface area contributed by atoms with Crippen molar-refractivity contribution in [2.45, 2.75) is 85.2 Å². The molecule has 122 valence electrons. The fourth-order valence-electron chi connectivity index (χ4n) is 2.51. The van der Waals surface area contributed by atoms with Crippen LogP contribution in [0.4, 0.5) is 0 Å². The number of nitrogens with one attached hydrogen (secondary N) is 1. The highest BCUT2D eigenvalue weighted by molar-refractivity contribution is 4.83. The van der Waals surface area contributed by atoms with E-state index in [1.165, 1.54) is 51.4 Å². The molecular formula is C17H34N4. The van der Waals surface area contributed by atoms with Crippen molar-refractivity contribution in [2.75, 3.05) is 6.54 Å². The van der Waals surface area contributed by atoms with Gasteiger partial charge >= 0.3 is 0 Å². The van der Waals surface area contributed by atoms with E-state index in [1.54, 1.807) is 6.33 Å². The van der Waals surface area contributed by atoms with E-state index in [-0.39, 0.29) is 0 Å². The fourth-order valence-corrected chi connectivity index (χ4v) is 2.51. The number of rotatable bonds is 13. The number of aromatic nitrogens is 3. The summed E-state index contributed by atoms with van der Waals surface area (Å²) in [7, 11) is 0. The molecule has 0 spiro atoms. The maximum Gasteiger partial charge on any atom is 0.140 e. The zero-order valence-corrected chi connectivity index (χ0v) is 14.3. The average molecular weight is 294 g/mol. The van der Waals surface area contributed by atoms with Gasteiger partial charge in [-0.05, 0) is 18.9 Å². The average Bonchev–Trinajstić information content (AvgIpc) is 2.87. The highest BCUT2D eigenvalue weighted by Crippen LogP contribution is 2.08. The molecule has 0 atom stereocenters. The summed E-state index contributed by atoms with van der Waals surface area (Å²) in [6, 6.07) is 0. The van der Waals surface area contributed by atoms with Gasteiger partial charge in [-0.2, -0.15) is 5.10 Å². The Morgan fingerprint density at radius 1 is 1.05 bits per heavy atom. The standard InChI is InChI=1S/C17H34N4/c1-4-5-6-7-8-9-10-11-12-18-13-17-19-15-20-21(17)14-16(2)3/h15-16,18H,4-14H2,1-3H3. The summed E-state index contributed by atoms with van der Waals surface area (Å²) in [4.78, 5) is 4.33. The Hall–Kier alpha value is -0.900. The second-order valence-corrected chi connectivity index (χ2v) is 6.40. The SMILES string of the molecule is CCCCCCCCCCNCc1ncnn1CC(C)C. The van der Waals surface area contributed by atoms with Crippen LogP contribution in [-0.4, -0.2) is 21.3 Å². The third-order valence-electron chi connectivity index (χ3n) is 3.72. The molecule has 1 N–H and O–H groups in total. The monoisotopic (exact) mass is 294 g/mol. The summed E-state index contributed by atoms with van der Waals surface area (Å²) in [5.74, 6) is 1.67. The smallest absolute Gasteiger partial charge is 0.140 e. The summed E-state index contributed by atoms with van der Waals surface area (Å²) in [6.45, 7) is 9.56. The summed E-state index contributed by atoms with van der Waals surface area (Å²) in [6.07, 6.45) is 12.6. The van der Waals surface area contributed by atoms with Crippen LogP contribution in [0, 0.1) is 5.92 Å². The molecule has 4 nitrogen and oxygen atoms in total. The Bertz CT molecular complexity index is 346. The van der Waals surface area contributed by atoms with E-state index in [0.717, 1.165) is 25.5 Å². The second kappa shape index (κ2) is 11.7. The lowest BCUT2D eigenvalue weighted by Crippen LogP contribution is -2.20. The van der Waals surface area contributed by atoms with E-state index < -0.39 is 0 Å². The van der Waals surface area contributed by atoms with Gasteiger partial charge in [0.15, 0.2) is 0 Å². The lowest BCUT2D eigenvalue weighted by Gasteiger charge is -2.09. The van der Waals surface area contributed by atoms with Crippen molar-refractivity contribution in [3.05, 3.63) is 12.2 Å². The predicted molar refractivity (Wildman–Crippen MR) is 89.2 cm³/mol. The molecule has 0 aromatic carbocycles. The summed E-state index contributed by atoms with van der Waals surface area (Å²) in [5, 5.41) is 7.78. The Kier molecular flexibility index (Phi) is 10.1. The van der Waals surface area contributed by atoms with Crippen molar-refractivity contribution < 1.29 is 0 Å². The Morgan fingerprint density at radius 3 is 2.38 bits per heavy atom. The molecule has 0 aliphatic rings. The molecule has 1 aromatic heterocycles. The van der Waals surface area contributed by atoms with Crippen molar-refractivity contribution >= 4 is 0 Å². The van der Waals surface area contributed by atoms with Crippen molar-refractivity contribution in [1.82, 2.24) is 20.1 Å². The Morgan fingerprint density at radius 2 is 1.71 bits per heavy atom. The fraction of sp³-hybridized carbons (Fsp3) is 0.882. The van der Waals surface area contributed by atoms with Gasteiger partial charge in [-0.15, -0.1) is 0 Å². The van der Waals surface area contributed by atoms with Crippen LogP contribution in [0.5, 0.6) is 0 Å². The van der Waals surface area contributed by atoms with Crippen molar-refractivity contribution in [2.24, 2.45) is 5.92 Å². The van der Waals surface area contributed by atoms with E-state index in [0.29, 0.717) is 5.92 Å². The number of nitrogens with zero attached hydrogens (tertiary/aromatic N) is 3. The van der Waals surface area contributed by atoms with Crippen LogP contribution in [0.15, 0.2) is 6.33 Å². The lowest BCUT2D eigenvalue weighted by atomic mass is 10.1. The molecule has 1 aromatic rings. The minimum Gasteiger partial charge on any atom is -0.310 e. The molecule has 0 aliphatic carbocycles. The Labute approximate surface area is 130 Å². The maximum absolute atomic E-state index is 4.33. The third-order valence-corrected chi connectivity index (χ3v) is 3.72. The zero-order chi connectivity index (χ0) is 15.3. The van der Waals surface area contributed by atoms with Crippen LogP contribution >= 0.6 is 0 Å². The highest BCUT2D eigenvalue weighted by atomic mass is 15.3. The molecular weight excluding hydrogens is 260 g/mol. The number of hydrogen-bond acceptors (Lipinski definition) is 3. The van der Waals surface area contributed by atoms with Crippen molar-refractivity contribution in [1.29, 1.82) is 0 Å². The summed E-state index contributed by atoms with van der Waals surface area (Å²) in [5.41, 5.74) is 0. The van der Waals surface area contributed by atoms with E-state index in [9.17, 15) is 0 Å². The van der Waals surface area contributed by atoms with Gasteiger partial charge in [-0.1, -0.05) is 65.7 Å². The van der Waals surface area contributed by atoms with E-state index in [2.05, 4.69) is 36.2 Å². The van der Waals surface area contributed by atoms with Crippen molar-refractivity contribution in [3.8, 4) is 0 Å². The number of unbranched alkanes of at least 4 members (excludes halogenated alkanes) is 7. The summed E-state index contributed by atoms with van der Waals surface area (Å²) < 4.78 is 2.02. The first-order chi connectivity index (χ1) is 10.2. The molecule has 0 bridgehead atoms. The molecule has 0 aliphatic heterocycles.